The first-order valence-corrected chi connectivity index (χ1v) is 6.11. The smallest absolute Gasteiger partial charge is 0.326 e. The maximum Gasteiger partial charge on any atom is 0.326 e. The molecule has 0 aromatic rings. The van der Waals surface area contributed by atoms with E-state index in [0.717, 1.165) is 19.3 Å². The molecule has 0 heterocycles. The van der Waals surface area contributed by atoms with Crippen molar-refractivity contribution in [1.82, 2.24) is 10.2 Å². The summed E-state index contributed by atoms with van der Waals surface area (Å²) in [6.07, 6.45) is 2.77. The third-order valence-corrected chi connectivity index (χ3v) is 3.13. The Bertz CT molecular complexity index is 293. The molecule has 4 N–H and O–H groups in total. The van der Waals surface area contributed by atoms with E-state index in [1.165, 1.54) is 4.90 Å². The molecule has 0 radical (unpaired) electrons. The third-order valence-electron chi connectivity index (χ3n) is 3.13. The molecular formula is C11H20N2O5. The van der Waals surface area contributed by atoms with Gasteiger partial charge in [0.25, 0.3) is 0 Å². The first-order valence-electron chi connectivity index (χ1n) is 6.11. The van der Waals surface area contributed by atoms with Gasteiger partial charge >= 0.3 is 12.0 Å². The van der Waals surface area contributed by atoms with E-state index in [2.05, 4.69) is 5.32 Å². The van der Waals surface area contributed by atoms with Gasteiger partial charge in [0.2, 0.25) is 0 Å². The lowest BCUT2D eigenvalue weighted by atomic mass is 9.91. The Kier molecular flexibility index (Phi) is 5.87. The van der Waals surface area contributed by atoms with Crippen molar-refractivity contribution in [3.8, 4) is 0 Å². The Balaban J connectivity index is 2.55. The number of urea groups is 1. The highest BCUT2D eigenvalue weighted by Crippen LogP contribution is 2.24. The second-order valence-corrected chi connectivity index (χ2v) is 4.35. The summed E-state index contributed by atoms with van der Waals surface area (Å²) in [6.45, 7) is -0.260. The van der Waals surface area contributed by atoms with Gasteiger partial charge in [-0.2, -0.15) is 0 Å². The summed E-state index contributed by atoms with van der Waals surface area (Å²) in [4.78, 5) is 24.2. The molecule has 0 aromatic carbocycles. The van der Waals surface area contributed by atoms with Crippen LogP contribution in [-0.4, -0.2) is 64.1 Å². The molecule has 1 saturated carbocycles. The highest BCUT2D eigenvalue weighted by atomic mass is 16.4. The highest BCUT2D eigenvalue weighted by Gasteiger charge is 2.30. The minimum absolute atomic E-state index is 0.0291. The maximum atomic E-state index is 11.9. The zero-order valence-corrected chi connectivity index (χ0v) is 10.2. The fourth-order valence-corrected chi connectivity index (χ4v) is 1.87. The van der Waals surface area contributed by atoms with Crippen molar-refractivity contribution in [3.63, 3.8) is 0 Å². The number of rotatable bonds is 7. The third kappa shape index (κ3) is 3.85. The van der Waals surface area contributed by atoms with Gasteiger partial charge in [-0.15, -0.1) is 0 Å². The van der Waals surface area contributed by atoms with Crippen molar-refractivity contribution in [3.05, 3.63) is 0 Å². The molecule has 1 fully saturated rings. The number of nitrogens with one attached hydrogen (secondary N) is 1. The first-order chi connectivity index (χ1) is 8.60. The average molecular weight is 260 g/mol. The van der Waals surface area contributed by atoms with E-state index in [1.807, 2.05) is 0 Å². The van der Waals surface area contributed by atoms with Gasteiger partial charge in [0.15, 0.2) is 0 Å². The number of carbonyl (C=O) groups excluding carboxylic acids is 1. The molecular weight excluding hydrogens is 240 g/mol. The van der Waals surface area contributed by atoms with Gasteiger partial charge in [0.1, 0.15) is 6.04 Å². The fraction of sp³-hybridized carbons (Fsp3) is 0.818. The van der Waals surface area contributed by atoms with Crippen LogP contribution < -0.4 is 5.32 Å². The normalized spacial score (nSPS) is 16.8. The minimum atomic E-state index is -1.17. The molecule has 0 bridgehead atoms. The molecule has 7 nitrogen and oxygen atoms in total. The quantitative estimate of drug-likeness (QED) is 0.487. The topological polar surface area (TPSA) is 110 Å². The van der Waals surface area contributed by atoms with Crippen molar-refractivity contribution in [1.29, 1.82) is 0 Å². The molecule has 1 rings (SSSR count). The molecule has 1 aliphatic carbocycles. The van der Waals surface area contributed by atoms with E-state index in [1.54, 1.807) is 0 Å². The summed E-state index contributed by atoms with van der Waals surface area (Å²) in [5, 5.41) is 28.9. The molecule has 1 aliphatic rings. The Labute approximate surface area is 105 Å². The monoisotopic (exact) mass is 260 g/mol. The predicted molar refractivity (Wildman–Crippen MR) is 63.1 cm³/mol. The molecule has 18 heavy (non-hydrogen) atoms. The van der Waals surface area contributed by atoms with Crippen molar-refractivity contribution in [2.24, 2.45) is 0 Å². The maximum absolute atomic E-state index is 11.9. The Morgan fingerprint density at radius 2 is 1.94 bits per heavy atom. The standard InChI is InChI=1S/C11H20N2O5/c14-6-4-9(10(16)17)12-11(18)13(5-7-15)8-2-1-3-8/h8-9,14-15H,1-7H2,(H,12,18)(H,16,17)/t9-/m0/s1. The molecule has 7 heteroatoms. The van der Waals surface area contributed by atoms with Crippen LogP contribution in [0.15, 0.2) is 0 Å². The van der Waals surface area contributed by atoms with Crippen LogP contribution in [0.5, 0.6) is 0 Å². The Morgan fingerprint density at radius 3 is 2.33 bits per heavy atom. The lowest BCUT2D eigenvalue weighted by molar-refractivity contribution is -0.139. The zero-order valence-electron chi connectivity index (χ0n) is 10.2. The summed E-state index contributed by atoms with van der Waals surface area (Å²) in [6, 6.07) is -1.50. The fourth-order valence-electron chi connectivity index (χ4n) is 1.87. The largest absolute Gasteiger partial charge is 0.480 e. The van der Waals surface area contributed by atoms with E-state index < -0.39 is 18.0 Å². The molecule has 1 atom stereocenters. The summed E-state index contributed by atoms with van der Waals surface area (Å²) >= 11 is 0. The van der Waals surface area contributed by atoms with E-state index >= 15 is 0 Å². The van der Waals surface area contributed by atoms with E-state index in [0.29, 0.717) is 0 Å². The molecule has 104 valence electrons. The van der Waals surface area contributed by atoms with Crippen LogP contribution in [0.4, 0.5) is 4.79 Å². The van der Waals surface area contributed by atoms with Crippen molar-refractivity contribution in [2.75, 3.05) is 19.8 Å². The van der Waals surface area contributed by atoms with Crippen LogP contribution in [0.1, 0.15) is 25.7 Å². The van der Waals surface area contributed by atoms with Crippen molar-refractivity contribution in [2.45, 2.75) is 37.8 Å². The van der Waals surface area contributed by atoms with Crippen LogP contribution in [0.3, 0.4) is 0 Å². The Morgan fingerprint density at radius 1 is 1.28 bits per heavy atom. The molecule has 0 spiro atoms. The van der Waals surface area contributed by atoms with Gasteiger partial charge in [-0.1, -0.05) is 0 Å². The van der Waals surface area contributed by atoms with Crippen LogP contribution >= 0.6 is 0 Å². The number of aliphatic hydroxyl groups is 2. The SMILES string of the molecule is O=C(O)[C@H](CCO)NC(=O)N(CCO)C1CCC1. The van der Waals surface area contributed by atoms with Gasteiger partial charge in [-0.25, -0.2) is 9.59 Å². The molecule has 0 saturated heterocycles. The number of aliphatic hydroxyl groups excluding tert-OH is 2. The number of hydrogen-bond donors (Lipinski definition) is 4. The van der Waals surface area contributed by atoms with E-state index in [9.17, 15) is 9.59 Å². The van der Waals surface area contributed by atoms with E-state index in [-0.39, 0.29) is 32.2 Å². The van der Waals surface area contributed by atoms with Gasteiger partial charge in [0, 0.05) is 25.6 Å². The van der Waals surface area contributed by atoms with Crippen LogP contribution in [-0.2, 0) is 4.79 Å². The predicted octanol–water partition coefficient (Wildman–Crippen LogP) is -0.622. The second-order valence-electron chi connectivity index (χ2n) is 4.35. The zero-order chi connectivity index (χ0) is 13.5. The number of carboxylic acids is 1. The first kappa shape index (κ1) is 14.7. The van der Waals surface area contributed by atoms with Gasteiger partial charge in [-0.05, 0) is 19.3 Å². The number of nitrogens with zero attached hydrogens (tertiary/aromatic N) is 1. The molecule has 2 amide bonds. The lowest BCUT2D eigenvalue weighted by Gasteiger charge is -2.37. The molecule has 0 unspecified atom stereocenters. The van der Waals surface area contributed by atoms with Crippen molar-refractivity contribution < 1.29 is 24.9 Å². The Hall–Kier alpha value is -1.34. The average Bonchev–Trinajstić information content (AvgIpc) is 2.25. The number of aliphatic carboxylic acids is 1. The summed E-state index contributed by atoms with van der Waals surface area (Å²) < 4.78 is 0. The van der Waals surface area contributed by atoms with Crippen LogP contribution in [0.25, 0.3) is 0 Å². The van der Waals surface area contributed by atoms with Gasteiger partial charge in [-0.3, -0.25) is 0 Å². The lowest BCUT2D eigenvalue weighted by Crippen LogP contribution is -2.54. The summed E-state index contributed by atoms with van der Waals surface area (Å²) in [7, 11) is 0. The second kappa shape index (κ2) is 7.17. The number of carbonyl (C=O) groups is 2. The summed E-state index contributed by atoms with van der Waals surface area (Å²) in [5.74, 6) is -1.17. The number of carboxylic acid groups (broad SMARTS) is 1. The van der Waals surface area contributed by atoms with Crippen LogP contribution in [0, 0.1) is 0 Å². The highest BCUT2D eigenvalue weighted by molar-refractivity contribution is 5.82. The van der Waals surface area contributed by atoms with Crippen LogP contribution in [0.2, 0.25) is 0 Å². The van der Waals surface area contributed by atoms with Gasteiger partial charge < -0.3 is 25.5 Å². The van der Waals surface area contributed by atoms with Crippen molar-refractivity contribution >= 4 is 12.0 Å². The van der Waals surface area contributed by atoms with Gasteiger partial charge in [0.05, 0.1) is 6.61 Å². The summed E-state index contributed by atoms with van der Waals surface area (Å²) in [5.41, 5.74) is 0. The number of hydrogen-bond acceptors (Lipinski definition) is 4. The molecule has 0 aliphatic heterocycles. The van der Waals surface area contributed by atoms with E-state index in [4.69, 9.17) is 15.3 Å². The molecule has 0 aromatic heterocycles. The minimum Gasteiger partial charge on any atom is -0.480 e. The number of amides is 2.